The number of nitrogens with zero attached hydrogens (tertiary/aromatic N) is 4. The Morgan fingerprint density at radius 1 is 1.46 bits per heavy atom. The predicted molar refractivity (Wildman–Crippen MR) is 96.3 cm³/mol. The first-order valence-corrected chi connectivity index (χ1v) is 9.43. The summed E-state index contributed by atoms with van der Waals surface area (Å²) in [6, 6.07) is 5.44. The summed E-state index contributed by atoms with van der Waals surface area (Å²) in [6.45, 7) is 3.54. The molecule has 4 heterocycles. The molecule has 1 amide bonds. The summed E-state index contributed by atoms with van der Waals surface area (Å²) < 4.78 is 10.8. The number of carbonyl (C=O) groups excluding carboxylic acids is 1. The lowest BCUT2D eigenvalue weighted by atomic mass is 10.1. The second-order valence-corrected chi connectivity index (χ2v) is 6.78. The number of aromatic nitrogens is 3. The quantitative estimate of drug-likeness (QED) is 0.686. The molecular formula is C18H18N4O3S. The van der Waals surface area contributed by atoms with Crippen LogP contribution in [-0.2, 0) is 0 Å². The minimum absolute atomic E-state index is 0.0716. The molecule has 3 aromatic rings. The van der Waals surface area contributed by atoms with Crippen LogP contribution in [0.1, 0.15) is 35.4 Å². The number of ether oxygens (including phenoxy) is 1. The van der Waals surface area contributed by atoms with Crippen molar-refractivity contribution in [2.24, 2.45) is 0 Å². The third kappa shape index (κ3) is 3.20. The third-order valence-corrected chi connectivity index (χ3v) is 5.02. The maximum atomic E-state index is 12.9. The Labute approximate surface area is 154 Å². The van der Waals surface area contributed by atoms with E-state index in [0.29, 0.717) is 42.9 Å². The number of thiophene rings is 1. The van der Waals surface area contributed by atoms with E-state index in [4.69, 9.17) is 9.26 Å². The van der Waals surface area contributed by atoms with Gasteiger partial charge in [-0.05, 0) is 36.9 Å². The molecule has 3 aromatic heterocycles. The molecule has 0 aliphatic carbocycles. The highest BCUT2D eigenvalue weighted by Crippen LogP contribution is 2.29. The van der Waals surface area contributed by atoms with E-state index >= 15 is 0 Å². The van der Waals surface area contributed by atoms with Crippen LogP contribution in [0.2, 0.25) is 0 Å². The van der Waals surface area contributed by atoms with Crippen LogP contribution in [0.15, 0.2) is 39.7 Å². The molecule has 0 bridgehead atoms. The number of carbonyl (C=O) groups is 1. The number of amides is 1. The lowest BCUT2D eigenvalue weighted by Gasteiger charge is -2.17. The van der Waals surface area contributed by atoms with Gasteiger partial charge in [0.2, 0.25) is 5.88 Å². The summed E-state index contributed by atoms with van der Waals surface area (Å²) in [4.78, 5) is 23.3. The molecule has 8 heteroatoms. The summed E-state index contributed by atoms with van der Waals surface area (Å²) in [5, 5.41) is 8.05. The molecule has 0 saturated carbocycles. The second-order valence-electron chi connectivity index (χ2n) is 6.00. The highest BCUT2D eigenvalue weighted by atomic mass is 32.1. The SMILES string of the molecule is CCOc1ncccc1C(=O)N1CC[C@H](c2noc(-c3ccsc3)n2)C1. The summed E-state index contributed by atoms with van der Waals surface area (Å²) in [7, 11) is 0. The molecule has 1 saturated heterocycles. The fourth-order valence-corrected chi connectivity index (χ4v) is 3.66. The van der Waals surface area contributed by atoms with E-state index in [2.05, 4.69) is 15.1 Å². The van der Waals surface area contributed by atoms with Gasteiger partial charge in [0.05, 0.1) is 12.2 Å². The van der Waals surface area contributed by atoms with Crippen LogP contribution in [0.25, 0.3) is 11.5 Å². The average Bonchev–Trinajstić information content (AvgIpc) is 3.42. The van der Waals surface area contributed by atoms with Gasteiger partial charge in [0.15, 0.2) is 5.82 Å². The van der Waals surface area contributed by atoms with Gasteiger partial charge in [-0.1, -0.05) is 5.16 Å². The molecule has 0 N–H and O–H groups in total. The van der Waals surface area contributed by atoms with E-state index in [0.717, 1.165) is 12.0 Å². The monoisotopic (exact) mass is 370 g/mol. The van der Waals surface area contributed by atoms with E-state index in [9.17, 15) is 4.79 Å². The van der Waals surface area contributed by atoms with Crippen LogP contribution < -0.4 is 4.74 Å². The van der Waals surface area contributed by atoms with Crippen molar-refractivity contribution in [3.8, 4) is 17.3 Å². The van der Waals surface area contributed by atoms with Crippen LogP contribution in [0, 0.1) is 0 Å². The van der Waals surface area contributed by atoms with Crippen molar-refractivity contribution in [2.45, 2.75) is 19.3 Å². The van der Waals surface area contributed by atoms with Crippen molar-refractivity contribution in [3.63, 3.8) is 0 Å². The Morgan fingerprint density at radius 2 is 2.38 bits per heavy atom. The van der Waals surface area contributed by atoms with Crippen molar-refractivity contribution in [2.75, 3.05) is 19.7 Å². The second kappa shape index (κ2) is 7.25. The fourth-order valence-electron chi connectivity index (χ4n) is 3.04. The fraction of sp³-hybridized carbons (Fsp3) is 0.333. The van der Waals surface area contributed by atoms with Crippen LogP contribution in [0.5, 0.6) is 5.88 Å². The number of likely N-dealkylation sites (tertiary alicyclic amines) is 1. The molecule has 1 aliphatic heterocycles. The van der Waals surface area contributed by atoms with Gasteiger partial charge in [0.1, 0.15) is 5.56 Å². The van der Waals surface area contributed by atoms with Crippen molar-refractivity contribution in [1.29, 1.82) is 0 Å². The molecule has 7 nitrogen and oxygen atoms in total. The Morgan fingerprint density at radius 3 is 3.19 bits per heavy atom. The zero-order valence-electron chi connectivity index (χ0n) is 14.3. The minimum Gasteiger partial charge on any atom is -0.477 e. The molecule has 26 heavy (non-hydrogen) atoms. The zero-order valence-corrected chi connectivity index (χ0v) is 15.1. The third-order valence-electron chi connectivity index (χ3n) is 4.33. The normalized spacial score (nSPS) is 16.8. The molecule has 0 spiro atoms. The van der Waals surface area contributed by atoms with E-state index in [1.165, 1.54) is 0 Å². The van der Waals surface area contributed by atoms with Crippen molar-refractivity contribution >= 4 is 17.2 Å². The Balaban J connectivity index is 1.48. The largest absolute Gasteiger partial charge is 0.477 e. The molecule has 1 fully saturated rings. The summed E-state index contributed by atoms with van der Waals surface area (Å²) in [5.41, 5.74) is 1.42. The van der Waals surface area contributed by atoms with E-state index in [-0.39, 0.29) is 11.8 Å². The number of rotatable bonds is 5. The topological polar surface area (TPSA) is 81.4 Å². The number of hydrogen-bond acceptors (Lipinski definition) is 7. The number of hydrogen-bond donors (Lipinski definition) is 0. The average molecular weight is 370 g/mol. The van der Waals surface area contributed by atoms with Crippen molar-refractivity contribution in [3.05, 3.63) is 46.5 Å². The molecule has 0 radical (unpaired) electrons. The predicted octanol–water partition coefficient (Wildman–Crippen LogP) is 3.22. The van der Waals surface area contributed by atoms with Crippen molar-refractivity contribution < 1.29 is 14.1 Å². The lowest BCUT2D eigenvalue weighted by molar-refractivity contribution is 0.0785. The Bertz CT molecular complexity index is 893. The van der Waals surface area contributed by atoms with E-state index in [1.807, 2.05) is 23.8 Å². The Hall–Kier alpha value is -2.74. The Kier molecular flexibility index (Phi) is 4.66. The minimum atomic E-state index is -0.0781. The molecule has 4 rings (SSSR count). The first-order valence-electron chi connectivity index (χ1n) is 8.49. The van der Waals surface area contributed by atoms with E-state index < -0.39 is 0 Å². The smallest absolute Gasteiger partial charge is 0.259 e. The first-order chi connectivity index (χ1) is 12.8. The van der Waals surface area contributed by atoms with Crippen LogP contribution >= 0.6 is 11.3 Å². The van der Waals surface area contributed by atoms with Gasteiger partial charge in [-0.2, -0.15) is 16.3 Å². The molecule has 134 valence electrons. The van der Waals surface area contributed by atoms with Crippen molar-refractivity contribution in [1.82, 2.24) is 20.0 Å². The van der Waals surface area contributed by atoms with Crippen LogP contribution in [0.3, 0.4) is 0 Å². The highest BCUT2D eigenvalue weighted by Gasteiger charge is 2.32. The van der Waals surface area contributed by atoms with Crippen LogP contribution in [0.4, 0.5) is 0 Å². The van der Waals surface area contributed by atoms with E-state index in [1.54, 1.807) is 34.6 Å². The molecule has 1 aliphatic rings. The maximum absolute atomic E-state index is 12.9. The summed E-state index contributed by atoms with van der Waals surface area (Å²) >= 11 is 1.58. The maximum Gasteiger partial charge on any atom is 0.259 e. The first kappa shape index (κ1) is 16.7. The van der Waals surface area contributed by atoms with Gasteiger partial charge in [-0.3, -0.25) is 4.79 Å². The molecule has 0 unspecified atom stereocenters. The molecule has 0 aromatic carbocycles. The number of pyridine rings is 1. The molecular weight excluding hydrogens is 352 g/mol. The zero-order chi connectivity index (χ0) is 17.9. The van der Waals surface area contributed by atoms with Gasteiger partial charge in [0, 0.05) is 30.6 Å². The molecule has 1 atom stereocenters. The highest BCUT2D eigenvalue weighted by molar-refractivity contribution is 7.08. The van der Waals surface area contributed by atoms with Gasteiger partial charge >= 0.3 is 0 Å². The van der Waals surface area contributed by atoms with Gasteiger partial charge in [0.25, 0.3) is 11.8 Å². The van der Waals surface area contributed by atoms with Gasteiger partial charge in [-0.15, -0.1) is 0 Å². The van der Waals surface area contributed by atoms with Crippen LogP contribution in [-0.4, -0.2) is 45.6 Å². The lowest BCUT2D eigenvalue weighted by Crippen LogP contribution is -2.29. The standard InChI is InChI=1S/C18H18N4O3S/c1-2-24-17-14(4-3-7-19-17)18(23)22-8-5-12(10-22)15-20-16(25-21-15)13-6-9-26-11-13/h3-4,6-7,9,11-12H,2,5,8,10H2,1H3/t12-/m0/s1. The summed E-state index contributed by atoms with van der Waals surface area (Å²) in [5.74, 6) is 1.55. The summed E-state index contributed by atoms with van der Waals surface area (Å²) in [6.07, 6.45) is 2.43. The van der Waals surface area contributed by atoms with Gasteiger partial charge in [-0.25, -0.2) is 4.98 Å². The van der Waals surface area contributed by atoms with Gasteiger partial charge < -0.3 is 14.2 Å².